The van der Waals surface area contributed by atoms with Crippen LogP contribution in [0.3, 0.4) is 0 Å². The molecule has 1 aromatic heterocycles. The maximum absolute atomic E-state index is 15.3. The van der Waals surface area contributed by atoms with E-state index in [0.717, 1.165) is 30.7 Å². The van der Waals surface area contributed by atoms with E-state index >= 15 is 4.39 Å². The number of primary amides is 1. The highest BCUT2D eigenvalue weighted by Gasteiger charge is 2.38. The maximum atomic E-state index is 15.3. The van der Waals surface area contributed by atoms with E-state index < -0.39 is 57.3 Å². The van der Waals surface area contributed by atoms with E-state index in [2.05, 4.69) is 15.6 Å². The Hall–Kier alpha value is -3.62. The molecular weight excluding hydrogens is 605 g/mol. The van der Waals surface area contributed by atoms with Gasteiger partial charge in [-0.3, -0.25) is 9.78 Å². The normalized spacial score (nSPS) is 22.9. The summed E-state index contributed by atoms with van der Waals surface area (Å²) >= 11 is 0. The third-order valence-electron chi connectivity index (χ3n) is 8.22. The number of nitrogens with zero attached hydrogens (tertiary/aromatic N) is 2. The summed E-state index contributed by atoms with van der Waals surface area (Å²) in [4.78, 5) is 16.9. The highest BCUT2D eigenvalue weighted by Crippen LogP contribution is 2.34. The van der Waals surface area contributed by atoms with Crippen molar-refractivity contribution in [1.82, 2.24) is 14.6 Å². The molecule has 0 saturated carbocycles. The summed E-state index contributed by atoms with van der Waals surface area (Å²) < 4.78 is 96.1. The van der Waals surface area contributed by atoms with Gasteiger partial charge in [0.05, 0.1) is 22.9 Å². The first kappa shape index (κ1) is 31.8. The van der Waals surface area contributed by atoms with Crippen LogP contribution in [0.15, 0.2) is 60.8 Å². The van der Waals surface area contributed by atoms with Crippen LogP contribution in [0.1, 0.15) is 47.6 Å². The minimum atomic E-state index is -4.64. The number of hydrogen-bond acceptors (Lipinski definition) is 6. The number of pyridine rings is 1. The number of fused-ring (bicyclic) bond motifs is 2. The number of benzene rings is 2. The molecule has 2 bridgehead atoms. The lowest BCUT2D eigenvalue weighted by atomic mass is 9.86. The topological polar surface area (TPSA) is 117 Å². The summed E-state index contributed by atoms with van der Waals surface area (Å²) in [7, 11) is -3.47. The molecule has 2 aliphatic rings. The molecule has 3 aromatic rings. The fourth-order valence-corrected chi connectivity index (χ4v) is 7.76. The second-order valence-electron chi connectivity index (χ2n) is 11.1. The van der Waals surface area contributed by atoms with Crippen molar-refractivity contribution in [3.63, 3.8) is 0 Å². The molecule has 3 heterocycles. The molecule has 44 heavy (non-hydrogen) atoms. The van der Waals surface area contributed by atoms with Gasteiger partial charge >= 0.3 is 6.18 Å². The average Bonchev–Trinajstić information content (AvgIpc) is 3.08. The van der Waals surface area contributed by atoms with Crippen LogP contribution in [-0.4, -0.2) is 60.6 Å². The van der Waals surface area contributed by atoms with Crippen LogP contribution in [-0.2, 0) is 27.4 Å². The van der Waals surface area contributed by atoms with Crippen molar-refractivity contribution in [2.45, 2.75) is 55.9 Å². The predicted octanol–water partition coefficient (Wildman–Crippen LogP) is 4.18. The molecule has 0 spiro atoms. The number of carbonyl (C=O) groups is 1. The third kappa shape index (κ3) is 7.02. The molecule has 2 saturated heterocycles. The lowest BCUT2D eigenvalue weighted by Gasteiger charge is -2.37. The van der Waals surface area contributed by atoms with E-state index in [1.54, 1.807) is 0 Å². The molecule has 5 atom stereocenters. The number of aromatic nitrogens is 1. The van der Waals surface area contributed by atoms with Crippen molar-refractivity contribution in [2.75, 3.05) is 24.2 Å². The van der Waals surface area contributed by atoms with Crippen LogP contribution in [0, 0.1) is 11.6 Å². The summed E-state index contributed by atoms with van der Waals surface area (Å²) in [6, 6.07) is 9.47. The number of nitrogens with one attached hydrogen (secondary N) is 2. The number of piperazine rings is 1. The van der Waals surface area contributed by atoms with Gasteiger partial charge in [0.1, 0.15) is 17.7 Å². The van der Waals surface area contributed by atoms with Crippen LogP contribution >= 0.6 is 0 Å². The Bertz CT molecular complexity index is 1590. The molecule has 2 fully saturated rings. The van der Waals surface area contributed by atoms with Gasteiger partial charge in [-0.15, -0.1) is 0 Å². The largest absolute Gasteiger partial charge is 0.417 e. The van der Waals surface area contributed by atoms with Gasteiger partial charge in [-0.1, -0.05) is 18.2 Å². The van der Waals surface area contributed by atoms with Crippen LogP contribution in [0.25, 0.3) is 0 Å². The highest BCUT2D eigenvalue weighted by molar-refractivity contribution is 7.89. The summed E-state index contributed by atoms with van der Waals surface area (Å²) in [5, 5.41) is 6.36. The van der Waals surface area contributed by atoms with E-state index in [4.69, 9.17) is 5.73 Å². The summed E-state index contributed by atoms with van der Waals surface area (Å²) in [6.45, 7) is 0.760. The first-order valence-electron chi connectivity index (χ1n) is 14.2. The van der Waals surface area contributed by atoms with E-state index in [1.165, 1.54) is 34.6 Å². The zero-order valence-corrected chi connectivity index (χ0v) is 24.3. The number of amides is 1. The van der Waals surface area contributed by atoms with Gasteiger partial charge in [0.15, 0.2) is 0 Å². The number of halogens is 5. The number of sulfonamides is 1. The maximum Gasteiger partial charge on any atom is 0.417 e. The molecule has 1 amide bonds. The number of carbonyl (C=O) groups excluding carboxylic acids is 1. The second-order valence-corrected chi connectivity index (χ2v) is 13.2. The zero-order valence-electron chi connectivity index (χ0n) is 23.5. The summed E-state index contributed by atoms with van der Waals surface area (Å²) in [5.41, 5.74) is 5.59. The van der Waals surface area contributed by atoms with Gasteiger partial charge in [-0.2, -0.15) is 17.5 Å². The fourth-order valence-electron chi connectivity index (χ4n) is 5.95. The smallest absolute Gasteiger partial charge is 0.373 e. The van der Waals surface area contributed by atoms with Gasteiger partial charge in [0.25, 0.3) is 0 Å². The Labute approximate surface area is 251 Å². The average molecular weight is 638 g/mol. The van der Waals surface area contributed by atoms with Crippen molar-refractivity contribution in [1.29, 1.82) is 0 Å². The van der Waals surface area contributed by atoms with Crippen molar-refractivity contribution in [3.8, 4) is 0 Å². The second kappa shape index (κ2) is 12.8. The lowest BCUT2D eigenvalue weighted by molar-refractivity contribution is -0.137. The first-order valence-corrected chi connectivity index (χ1v) is 15.8. The standard InChI is InChI=1S/C30H32F5N5O3S/c31-20-9-6-18(7-10-20)27(26-13-8-19(15-38-26)30(33,34)35)28(29(36)41)39-25-5-1-4-24(32)23(25)12-11-22-16-37-21-3-2-14-44(42,43)40(22)17-21/h1,4-10,13,15,21-22,27-28,37,39H,2-3,11-12,14,16-17H2,(H2,36,41)/t21-,22+,27?,28+/m1/s1. The van der Waals surface area contributed by atoms with Gasteiger partial charge < -0.3 is 16.4 Å². The van der Waals surface area contributed by atoms with E-state index in [9.17, 15) is 30.8 Å². The number of alkyl halides is 3. The lowest BCUT2D eigenvalue weighted by Crippen LogP contribution is -2.57. The number of hydrogen-bond donors (Lipinski definition) is 3. The molecule has 14 heteroatoms. The Morgan fingerprint density at radius 2 is 1.86 bits per heavy atom. The number of anilines is 1. The van der Waals surface area contributed by atoms with Crippen LogP contribution in [0.4, 0.5) is 27.6 Å². The Morgan fingerprint density at radius 3 is 2.52 bits per heavy atom. The van der Waals surface area contributed by atoms with Gasteiger partial charge in [-0.05, 0) is 67.6 Å². The minimum absolute atomic E-state index is 0.0491. The number of nitrogens with two attached hydrogens (primary N) is 1. The molecule has 2 aromatic carbocycles. The predicted molar refractivity (Wildman–Crippen MR) is 154 cm³/mol. The van der Waals surface area contributed by atoms with Crippen molar-refractivity contribution in [2.24, 2.45) is 5.73 Å². The molecule has 2 unspecified atom stereocenters. The Morgan fingerprint density at radius 1 is 1.11 bits per heavy atom. The SMILES string of the molecule is NC(=O)[C@@H](Nc1cccc(F)c1CC[C@H]1CN[C@@H]2CCCS(=O)(=O)N1C2)C(c1ccc(F)cc1)c1ccc(C(F)(F)F)cn1. The monoisotopic (exact) mass is 637 g/mol. The summed E-state index contributed by atoms with van der Waals surface area (Å²) in [5.74, 6) is -3.09. The molecule has 2 aliphatic heterocycles. The van der Waals surface area contributed by atoms with Crippen molar-refractivity contribution >= 4 is 21.6 Å². The molecule has 0 radical (unpaired) electrons. The Kier molecular flexibility index (Phi) is 9.23. The molecular formula is C30H32F5N5O3S. The van der Waals surface area contributed by atoms with Crippen molar-refractivity contribution in [3.05, 3.63) is 94.8 Å². The molecule has 0 aliphatic carbocycles. The molecule has 8 nitrogen and oxygen atoms in total. The van der Waals surface area contributed by atoms with E-state index in [-0.39, 0.29) is 41.6 Å². The van der Waals surface area contributed by atoms with Crippen LogP contribution < -0.4 is 16.4 Å². The van der Waals surface area contributed by atoms with Crippen LogP contribution in [0.5, 0.6) is 0 Å². The zero-order chi connectivity index (χ0) is 31.6. The molecule has 5 rings (SSSR count). The van der Waals surface area contributed by atoms with Crippen molar-refractivity contribution < 1.29 is 35.2 Å². The van der Waals surface area contributed by atoms with Gasteiger partial charge in [-0.25, -0.2) is 17.2 Å². The first-order chi connectivity index (χ1) is 20.8. The number of rotatable bonds is 9. The summed E-state index contributed by atoms with van der Waals surface area (Å²) in [6.07, 6.45) is -2.29. The minimum Gasteiger partial charge on any atom is -0.373 e. The van der Waals surface area contributed by atoms with E-state index in [0.29, 0.717) is 31.3 Å². The van der Waals surface area contributed by atoms with Gasteiger partial charge in [0, 0.05) is 42.6 Å². The highest BCUT2D eigenvalue weighted by atomic mass is 32.2. The third-order valence-corrected chi connectivity index (χ3v) is 10.2. The fraction of sp³-hybridized carbons (Fsp3) is 0.400. The Balaban J connectivity index is 1.46. The quantitative estimate of drug-likeness (QED) is 0.303. The van der Waals surface area contributed by atoms with Crippen LogP contribution in [0.2, 0.25) is 0 Å². The molecule has 236 valence electrons. The van der Waals surface area contributed by atoms with E-state index in [1.807, 2.05) is 0 Å². The van der Waals surface area contributed by atoms with Gasteiger partial charge in [0.2, 0.25) is 15.9 Å². The molecule has 4 N–H and O–H groups in total.